The van der Waals surface area contributed by atoms with Crippen LogP contribution in [0.3, 0.4) is 0 Å². The summed E-state index contributed by atoms with van der Waals surface area (Å²) in [6, 6.07) is 0. The molecule has 0 amide bonds. The molecule has 0 saturated heterocycles. The number of oxime groups is 1. The Morgan fingerprint density at radius 2 is 2.38 bits per heavy atom. The lowest BCUT2D eigenvalue weighted by Crippen LogP contribution is -2.03. The van der Waals surface area contributed by atoms with E-state index in [0.717, 1.165) is 12.8 Å². The summed E-state index contributed by atoms with van der Waals surface area (Å²) in [6.07, 6.45) is 9.20. The molecule has 0 spiro atoms. The molecule has 1 heterocycles. The molecule has 2 nitrogen and oxygen atoms in total. The molecule has 0 bridgehead atoms. The van der Waals surface area contributed by atoms with Crippen molar-refractivity contribution in [1.29, 1.82) is 0 Å². The van der Waals surface area contributed by atoms with Gasteiger partial charge in [0.05, 0.1) is 5.71 Å². The number of hydrogen-bond acceptors (Lipinski definition) is 2. The lowest BCUT2D eigenvalue weighted by molar-refractivity contribution is 0.120. The van der Waals surface area contributed by atoms with E-state index < -0.39 is 0 Å². The van der Waals surface area contributed by atoms with Crippen LogP contribution in [-0.4, -0.2) is 11.8 Å². The summed E-state index contributed by atoms with van der Waals surface area (Å²) in [5, 5.41) is 4.03. The van der Waals surface area contributed by atoms with Crippen LogP contribution in [0.25, 0.3) is 0 Å². The molecule has 0 aromatic carbocycles. The van der Waals surface area contributed by atoms with Gasteiger partial charge >= 0.3 is 0 Å². The van der Waals surface area contributed by atoms with Crippen molar-refractivity contribution in [2.24, 2.45) is 5.16 Å². The van der Waals surface area contributed by atoms with Crippen molar-refractivity contribution in [2.75, 3.05) is 0 Å². The molecule has 1 aliphatic rings. The Hall–Kier alpha value is -0.790. The van der Waals surface area contributed by atoms with Crippen LogP contribution >= 0.6 is 0 Å². The summed E-state index contributed by atoms with van der Waals surface area (Å²) in [7, 11) is 0. The maximum absolute atomic E-state index is 5.14. The molecule has 74 valence electrons. The zero-order valence-corrected chi connectivity index (χ0v) is 8.46. The maximum atomic E-state index is 5.14. The van der Waals surface area contributed by atoms with Crippen LogP contribution in [0.15, 0.2) is 17.8 Å². The standard InChI is InChI=1S/C11H19NO/c1-3-5-6-7-8-10-9-11(4-2)13-12-10/h4,11H,2-3,5-9H2,1H3. The lowest BCUT2D eigenvalue weighted by atomic mass is 10.1. The average Bonchev–Trinajstić information content (AvgIpc) is 2.60. The van der Waals surface area contributed by atoms with E-state index in [1.54, 1.807) is 0 Å². The Morgan fingerprint density at radius 1 is 1.54 bits per heavy atom. The van der Waals surface area contributed by atoms with Crippen molar-refractivity contribution >= 4 is 5.71 Å². The highest BCUT2D eigenvalue weighted by atomic mass is 16.6. The highest BCUT2D eigenvalue weighted by Gasteiger charge is 2.16. The van der Waals surface area contributed by atoms with Crippen LogP contribution in [-0.2, 0) is 4.84 Å². The Labute approximate surface area is 80.7 Å². The van der Waals surface area contributed by atoms with Gasteiger partial charge in [-0.2, -0.15) is 0 Å². The van der Waals surface area contributed by atoms with Crippen molar-refractivity contribution < 1.29 is 4.84 Å². The normalized spacial score (nSPS) is 21.0. The molecule has 1 rings (SSSR count). The molecule has 13 heavy (non-hydrogen) atoms. The predicted molar refractivity (Wildman–Crippen MR) is 55.9 cm³/mol. The molecular weight excluding hydrogens is 162 g/mol. The van der Waals surface area contributed by atoms with Crippen LogP contribution in [0, 0.1) is 0 Å². The SMILES string of the molecule is C=CC1CC(CCCCCC)=NO1. The van der Waals surface area contributed by atoms with E-state index in [1.165, 1.54) is 31.4 Å². The lowest BCUT2D eigenvalue weighted by Gasteiger charge is -1.99. The minimum Gasteiger partial charge on any atom is -0.388 e. The second-order valence-electron chi connectivity index (χ2n) is 3.55. The average molecular weight is 181 g/mol. The topological polar surface area (TPSA) is 21.6 Å². The van der Waals surface area contributed by atoms with Crippen molar-refractivity contribution in [3.63, 3.8) is 0 Å². The van der Waals surface area contributed by atoms with Crippen LogP contribution < -0.4 is 0 Å². The molecule has 2 heteroatoms. The smallest absolute Gasteiger partial charge is 0.150 e. The van der Waals surface area contributed by atoms with Gasteiger partial charge in [0.15, 0.2) is 6.10 Å². The van der Waals surface area contributed by atoms with Gasteiger partial charge in [-0.3, -0.25) is 0 Å². The van der Waals surface area contributed by atoms with Gasteiger partial charge in [-0.1, -0.05) is 37.9 Å². The number of nitrogens with zero attached hydrogens (tertiary/aromatic N) is 1. The van der Waals surface area contributed by atoms with Gasteiger partial charge in [0, 0.05) is 6.42 Å². The van der Waals surface area contributed by atoms with Crippen LogP contribution in [0.4, 0.5) is 0 Å². The van der Waals surface area contributed by atoms with Gasteiger partial charge in [-0.05, 0) is 18.9 Å². The van der Waals surface area contributed by atoms with Crippen molar-refractivity contribution in [3.05, 3.63) is 12.7 Å². The summed E-state index contributed by atoms with van der Waals surface area (Å²) < 4.78 is 0. The number of rotatable bonds is 6. The van der Waals surface area contributed by atoms with Gasteiger partial charge in [0.1, 0.15) is 0 Å². The van der Waals surface area contributed by atoms with E-state index in [1.807, 2.05) is 6.08 Å². The van der Waals surface area contributed by atoms with E-state index in [9.17, 15) is 0 Å². The van der Waals surface area contributed by atoms with Crippen molar-refractivity contribution in [1.82, 2.24) is 0 Å². The van der Waals surface area contributed by atoms with E-state index in [4.69, 9.17) is 4.84 Å². The monoisotopic (exact) mass is 181 g/mol. The summed E-state index contributed by atoms with van der Waals surface area (Å²) in [4.78, 5) is 5.14. The molecular formula is C11H19NO. The van der Waals surface area contributed by atoms with Crippen molar-refractivity contribution in [2.45, 2.75) is 51.6 Å². The molecule has 1 atom stereocenters. The first kappa shape index (κ1) is 10.3. The highest BCUT2D eigenvalue weighted by molar-refractivity contribution is 5.85. The van der Waals surface area contributed by atoms with E-state index in [0.29, 0.717) is 0 Å². The molecule has 0 N–H and O–H groups in total. The minimum atomic E-state index is 0.140. The first-order chi connectivity index (χ1) is 6.36. The van der Waals surface area contributed by atoms with E-state index in [2.05, 4.69) is 18.7 Å². The fourth-order valence-electron chi connectivity index (χ4n) is 1.48. The highest BCUT2D eigenvalue weighted by Crippen LogP contribution is 2.15. The summed E-state index contributed by atoms with van der Waals surface area (Å²) in [5.74, 6) is 0. The molecule has 0 aromatic rings. The van der Waals surface area contributed by atoms with Gasteiger partial charge in [-0.15, -0.1) is 0 Å². The quantitative estimate of drug-likeness (QED) is 0.455. The molecule has 0 aromatic heterocycles. The van der Waals surface area contributed by atoms with E-state index >= 15 is 0 Å². The Balaban J connectivity index is 2.06. The van der Waals surface area contributed by atoms with Gasteiger partial charge in [0.25, 0.3) is 0 Å². The molecule has 0 radical (unpaired) electrons. The first-order valence-electron chi connectivity index (χ1n) is 5.21. The molecule has 0 saturated carbocycles. The summed E-state index contributed by atoms with van der Waals surface area (Å²) >= 11 is 0. The zero-order valence-electron chi connectivity index (χ0n) is 8.46. The fourth-order valence-corrected chi connectivity index (χ4v) is 1.48. The third-order valence-corrected chi connectivity index (χ3v) is 2.34. The number of unbranched alkanes of at least 4 members (excludes halogenated alkanes) is 3. The van der Waals surface area contributed by atoms with Gasteiger partial charge < -0.3 is 4.84 Å². The largest absolute Gasteiger partial charge is 0.388 e. The summed E-state index contributed by atoms with van der Waals surface area (Å²) in [5.41, 5.74) is 1.21. The van der Waals surface area contributed by atoms with Gasteiger partial charge in [-0.25, -0.2) is 0 Å². The molecule has 1 unspecified atom stereocenters. The minimum absolute atomic E-state index is 0.140. The zero-order chi connectivity index (χ0) is 9.52. The Kier molecular flexibility index (Phi) is 4.58. The summed E-state index contributed by atoms with van der Waals surface area (Å²) in [6.45, 7) is 5.91. The second-order valence-corrected chi connectivity index (χ2v) is 3.55. The van der Waals surface area contributed by atoms with Crippen LogP contribution in [0.5, 0.6) is 0 Å². The molecule has 0 aliphatic carbocycles. The second kappa shape index (κ2) is 5.79. The van der Waals surface area contributed by atoms with Gasteiger partial charge in [0.2, 0.25) is 0 Å². The van der Waals surface area contributed by atoms with E-state index in [-0.39, 0.29) is 6.10 Å². The Morgan fingerprint density at radius 3 is 3.00 bits per heavy atom. The van der Waals surface area contributed by atoms with Crippen molar-refractivity contribution in [3.8, 4) is 0 Å². The molecule has 1 aliphatic heterocycles. The third kappa shape index (κ3) is 3.62. The predicted octanol–water partition coefficient (Wildman–Crippen LogP) is 3.29. The first-order valence-corrected chi connectivity index (χ1v) is 5.21. The fraction of sp³-hybridized carbons (Fsp3) is 0.727. The number of hydrogen-bond donors (Lipinski definition) is 0. The van der Waals surface area contributed by atoms with Crippen LogP contribution in [0.1, 0.15) is 45.4 Å². The maximum Gasteiger partial charge on any atom is 0.150 e. The van der Waals surface area contributed by atoms with Crippen LogP contribution in [0.2, 0.25) is 0 Å². The third-order valence-electron chi connectivity index (χ3n) is 2.34. The molecule has 0 fully saturated rings. The Bertz CT molecular complexity index is 187.